The minimum Gasteiger partial charge on any atom is -0.447 e. The van der Waals surface area contributed by atoms with E-state index >= 15 is 0 Å². The van der Waals surface area contributed by atoms with Crippen LogP contribution in [0.1, 0.15) is 10.4 Å². The lowest BCUT2D eigenvalue weighted by Gasteiger charge is -2.16. The molecule has 18 heavy (non-hydrogen) atoms. The number of hydrogen-bond donors (Lipinski definition) is 1. The first-order valence-corrected chi connectivity index (χ1v) is 5.36. The second-order valence-corrected chi connectivity index (χ2v) is 3.71. The summed E-state index contributed by atoms with van der Waals surface area (Å²) in [5, 5.41) is 2.48. The molecular formula is C13H11NO4. The molecule has 5 heteroatoms. The second-order valence-electron chi connectivity index (χ2n) is 3.71. The van der Waals surface area contributed by atoms with Gasteiger partial charge in [-0.15, -0.1) is 6.42 Å². The van der Waals surface area contributed by atoms with E-state index in [1.807, 2.05) is 0 Å². The molecule has 1 N–H and O–H groups in total. The Labute approximate surface area is 104 Å². The maximum atomic E-state index is 11.8. The van der Waals surface area contributed by atoms with Crippen molar-refractivity contribution in [3.63, 3.8) is 0 Å². The molecule has 0 aliphatic carbocycles. The van der Waals surface area contributed by atoms with Gasteiger partial charge in [-0.25, -0.2) is 9.59 Å². The Hall–Kier alpha value is -2.48. The Balaban J connectivity index is 2.01. The summed E-state index contributed by atoms with van der Waals surface area (Å²) in [5.41, 5.74) is 0.406. The Morgan fingerprint density at radius 2 is 2.22 bits per heavy atom. The van der Waals surface area contributed by atoms with Crippen LogP contribution in [0.15, 0.2) is 30.3 Å². The predicted molar refractivity (Wildman–Crippen MR) is 62.8 cm³/mol. The first-order chi connectivity index (χ1) is 8.70. The molecule has 1 saturated heterocycles. The van der Waals surface area contributed by atoms with Crippen molar-refractivity contribution in [3.8, 4) is 12.3 Å². The van der Waals surface area contributed by atoms with Crippen molar-refractivity contribution in [1.29, 1.82) is 0 Å². The van der Waals surface area contributed by atoms with Crippen LogP contribution in [0.3, 0.4) is 0 Å². The topological polar surface area (TPSA) is 64.6 Å². The second kappa shape index (κ2) is 5.23. The number of rotatable bonds is 3. The van der Waals surface area contributed by atoms with E-state index in [9.17, 15) is 9.59 Å². The summed E-state index contributed by atoms with van der Waals surface area (Å²) in [4.78, 5) is 22.7. The van der Waals surface area contributed by atoms with Crippen LogP contribution in [0.4, 0.5) is 4.79 Å². The number of amides is 1. The molecule has 1 fully saturated rings. The normalized spacial score (nSPS) is 19.3. The Morgan fingerprint density at radius 1 is 1.50 bits per heavy atom. The lowest BCUT2D eigenvalue weighted by molar-refractivity contribution is 0.0346. The summed E-state index contributed by atoms with van der Waals surface area (Å²) in [6.07, 6.45) is 3.89. The zero-order valence-corrected chi connectivity index (χ0v) is 9.46. The lowest BCUT2D eigenvalue weighted by atomic mass is 10.2. The number of cyclic esters (lactones) is 1. The average molecular weight is 245 g/mol. The monoisotopic (exact) mass is 245 g/mol. The number of alkyl carbamates (subject to hydrolysis) is 1. The van der Waals surface area contributed by atoms with Crippen LogP contribution in [0, 0.1) is 12.3 Å². The lowest BCUT2D eigenvalue weighted by Crippen LogP contribution is -2.40. The van der Waals surface area contributed by atoms with Gasteiger partial charge in [-0.3, -0.25) is 0 Å². The van der Waals surface area contributed by atoms with E-state index in [1.54, 1.807) is 30.3 Å². The van der Waals surface area contributed by atoms with Crippen molar-refractivity contribution >= 4 is 12.1 Å². The molecule has 0 radical (unpaired) electrons. The molecule has 1 aromatic carbocycles. The quantitative estimate of drug-likeness (QED) is 0.636. The Bertz CT molecular complexity index is 491. The van der Waals surface area contributed by atoms with Crippen LogP contribution in [0.5, 0.6) is 0 Å². The molecule has 1 aliphatic rings. The fourth-order valence-corrected chi connectivity index (χ4v) is 1.55. The van der Waals surface area contributed by atoms with Crippen LogP contribution < -0.4 is 5.32 Å². The summed E-state index contributed by atoms with van der Waals surface area (Å²) in [7, 11) is 0. The third kappa shape index (κ3) is 2.61. The first kappa shape index (κ1) is 12.0. The molecule has 0 spiro atoms. The highest BCUT2D eigenvalue weighted by atomic mass is 16.6. The zero-order valence-electron chi connectivity index (χ0n) is 9.46. The molecular weight excluding hydrogens is 234 g/mol. The first-order valence-electron chi connectivity index (χ1n) is 5.36. The van der Waals surface area contributed by atoms with E-state index < -0.39 is 24.2 Å². The standard InChI is InChI=1S/C13H11NO4/c1-2-11(10-8-17-13(16)14-10)18-12(15)9-6-4-3-5-7-9/h1,3-7,10-11H,8H2,(H,14,16)/t10-,11+/m0/s1. The molecule has 0 saturated carbocycles. The molecule has 0 bridgehead atoms. The fourth-order valence-electron chi connectivity index (χ4n) is 1.55. The number of terminal acetylenes is 1. The number of benzene rings is 1. The molecule has 2 atom stereocenters. The molecule has 2 rings (SSSR count). The van der Waals surface area contributed by atoms with Gasteiger partial charge in [-0.2, -0.15) is 0 Å². The van der Waals surface area contributed by atoms with Gasteiger partial charge < -0.3 is 14.8 Å². The van der Waals surface area contributed by atoms with E-state index in [0.717, 1.165) is 0 Å². The van der Waals surface area contributed by atoms with E-state index in [0.29, 0.717) is 5.56 Å². The molecule has 1 heterocycles. The summed E-state index contributed by atoms with van der Waals surface area (Å²) in [6, 6.07) is 7.99. The number of esters is 1. The number of ether oxygens (including phenoxy) is 2. The summed E-state index contributed by atoms with van der Waals surface area (Å²) in [5.74, 6) is 1.80. The molecule has 1 amide bonds. The summed E-state index contributed by atoms with van der Waals surface area (Å²) in [6.45, 7) is 0.0930. The van der Waals surface area contributed by atoms with E-state index in [1.165, 1.54) is 0 Å². The van der Waals surface area contributed by atoms with Crippen molar-refractivity contribution in [2.24, 2.45) is 0 Å². The maximum Gasteiger partial charge on any atom is 0.407 e. The predicted octanol–water partition coefficient (Wildman–Crippen LogP) is 0.954. The summed E-state index contributed by atoms with van der Waals surface area (Å²) < 4.78 is 9.85. The van der Waals surface area contributed by atoms with Gasteiger partial charge in [0.1, 0.15) is 12.6 Å². The molecule has 0 unspecified atom stereocenters. The Kier molecular flexibility index (Phi) is 3.49. The number of hydrogen-bond acceptors (Lipinski definition) is 4. The Morgan fingerprint density at radius 3 is 2.78 bits per heavy atom. The zero-order chi connectivity index (χ0) is 13.0. The van der Waals surface area contributed by atoms with Gasteiger partial charge in [0.25, 0.3) is 0 Å². The van der Waals surface area contributed by atoms with Crippen LogP contribution in [0.25, 0.3) is 0 Å². The summed E-state index contributed by atoms with van der Waals surface area (Å²) >= 11 is 0. The highest BCUT2D eigenvalue weighted by Gasteiger charge is 2.31. The van der Waals surface area contributed by atoms with Crippen LogP contribution in [-0.4, -0.2) is 30.8 Å². The molecule has 92 valence electrons. The largest absolute Gasteiger partial charge is 0.447 e. The van der Waals surface area contributed by atoms with Gasteiger partial charge in [0.15, 0.2) is 6.10 Å². The molecule has 5 nitrogen and oxygen atoms in total. The van der Waals surface area contributed by atoms with Crippen molar-refractivity contribution in [1.82, 2.24) is 5.32 Å². The smallest absolute Gasteiger partial charge is 0.407 e. The van der Waals surface area contributed by atoms with Gasteiger partial charge in [0, 0.05) is 0 Å². The highest BCUT2D eigenvalue weighted by molar-refractivity contribution is 5.89. The minimum absolute atomic E-state index is 0.0930. The van der Waals surface area contributed by atoms with E-state index in [4.69, 9.17) is 15.9 Å². The number of carbonyl (C=O) groups excluding carboxylic acids is 2. The third-order valence-corrected chi connectivity index (χ3v) is 2.47. The van der Waals surface area contributed by atoms with Gasteiger partial charge in [-0.1, -0.05) is 24.1 Å². The van der Waals surface area contributed by atoms with Crippen LogP contribution in [0.2, 0.25) is 0 Å². The SMILES string of the molecule is C#C[C@@H](OC(=O)c1ccccc1)[C@@H]1COC(=O)N1. The van der Waals surface area contributed by atoms with Crippen molar-refractivity contribution in [3.05, 3.63) is 35.9 Å². The molecule has 1 aliphatic heterocycles. The van der Waals surface area contributed by atoms with E-state index in [-0.39, 0.29) is 6.61 Å². The number of nitrogens with one attached hydrogen (secondary N) is 1. The maximum absolute atomic E-state index is 11.8. The van der Waals surface area contributed by atoms with Gasteiger partial charge in [0.2, 0.25) is 0 Å². The van der Waals surface area contributed by atoms with E-state index in [2.05, 4.69) is 11.2 Å². The fraction of sp³-hybridized carbons (Fsp3) is 0.231. The van der Waals surface area contributed by atoms with Gasteiger partial charge >= 0.3 is 12.1 Å². The molecule has 0 aromatic heterocycles. The van der Waals surface area contributed by atoms with Gasteiger partial charge in [-0.05, 0) is 12.1 Å². The average Bonchev–Trinajstić information content (AvgIpc) is 2.83. The highest BCUT2D eigenvalue weighted by Crippen LogP contribution is 2.09. The van der Waals surface area contributed by atoms with Crippen molar-refractivity contribution in [2.45, 2.75) is 12.1 Å². The van der Waals surface area contributed by atoms with Crippen LogP contribution in [-0.2, 0) is 9.47 Å². The van der Waals surface area contributed by atoms with Crippen molar-refractivity contribution < 1.29 is 19.1 Å². The van der Waals surface area contributed by atoms with Gasteiger partial charge in [0.05, 0.1) is 5.56 Å². The van der Waals surface area contributed by atoms with Crippen molar-refractivity contribution in [2.75, 3.05) is 6.61 Å². The third-order valence-electron chi connectivity index (χ3n) is 2.47. The number of carbonyl (C=O) groups is 2. The minimum atomic E-state index is -0.843. The molecule has 1 aromatic rings. The van der Waals surface area contributed by atoms with Crippen LogP contribution >= 0.6 is 0 Å².